The molecule has 2 aliphatic rings. The van der Waals surface area contributed by atoms with Crippen molar-refractivity contribution >= 4 is 42.0 Å². The van der Waals surface area contributed by atoms with E-state index in [0.717, 1.165) is 45.4 Å². The lowest BCUT2D eigenvalue weighted by Crippen LogP contribution is -2.48. The molecule has 338 valence electrons. The van der Waals surface area contributed by atoms with Crippen LogP contribution in [0, 0.1) is 16.7 Å². The molecule has 1 amide bonds. The second kappa shape index (κ2) is 25.3. The first kappa shape index (κ1) is 53.3. The van der Waals surface area contributed by atoms with Crippen LogP contribution < -0.4 is 16.4 Å². The van der Waals surface area contributed by atoms with E-state index in [9.17, 15) is 24.0 Å². The van der Waals surface area contributed by atoms with E-state index in [1.54, 1.807) is 6.92 Å². The number of amides is 1. The summed E-state index contributed by atoms with van der Waals surface area (Å²) in [4.78, 5) is 62.1. The molecule has 0 bridgehead atoms. The molecule has 4 atom stereocenters. The van der Waals surface area contributed by atoms with Gasteiger partial charge in [-0.25, -0.2) is 0 Å². The van der Waals surface area contributed by atoms with E-state index in [1.807, 2.05) is 96.2 Å². The Labute approximate surface area is 376 Å². The standard InChI is InChI=1S/C51H71N3O7S/c1-33(19-14-21-35(3)24-26-40-38(6)46(56)37(5)29-50(40,8)9)17-12-13-18-34(2)20-15-22-36(4)25-27-41-39(7)47(57)44(30-51(41,10)11)61-45(55)31-54-48(58)43(32-62)53-28-16-23-42(52)49(59)60/h12-15,17-22,24-27,37,42-44,53,62H,16,23,28-32,52H2,1-11H3,(H,54,58)(H,59,60)/b13-12+,19-14+,20-15+,26-24+,27-25+,33-17+,34-18+,35-21+,36-22+. The third-order valence-electron chi connectivity index (χ3n) is 11.1. The van der Waals surface area contributed by atoms with Crippen molar-refractivity contribution in [3.8, 4) is 0 Å². The number of carboxylic acid groups (broad SMARTS) is 1. The molecule has 2 rings (SSSR count). The van der Waals surface area contributed by atoms with Crippen molar-refractivity contribution in [2.75, 3.05) is 18.8 Å². The second-order valence-corrected chi connectivity index (χ2v) is 18.1. The van der Waals surface area contributed by atoms with Crippen LogP contribution in [-0.4, -0.2) is 71.5 Å². The number of ketones is 2. The Morgan fingerprint density at radius 1 is 0.790 bits per heavy atom. The summed E-state index contributed by atoms with van der Waals surface area (Å²) in [5, 5.41) is 14.4. The summed E-state index contributed by atoms with van der Waals surface area (Å²) in [5.74, 6) is -2.07. The summed E-state index contributed by atoms with van der Waals surface area (Å²) >= 11 is 4.20. The summed E-state index contributed by atoms with van der Waals surface area (Å²) < 4.78 is 5.56. The number of carbonyl (C=O) groups is 5. The number of hydrogen-bond acceptors (Lipinski definition) is 9. The number of rotatable bonds is 21. The maximum atomic E-state index is 13.3. The zero-order chi connectivity index (χ0) is 46.8. The zero-order valence-electron chi connectivity index (χ0n) is 38.8. The highest BCUT2D eigenvalue weighted by Gasteiger charge is 2.40. The Morgan fingerprint density at radius 3 is 1.76 bits per heavy atom. The van der Waals surface area contributed by atoms with Crippen molar-refractivity contribution in [1.82, 2.24) is 10.6 Å². The Hall–Kier alpha value is -4.84. The fourth-order valence-corrected chi connectivity index (χ4v) is 7.83. The normalized spacial score (nSPS) is 21.6. The van der Waals surface area contributed by atoms with E-state index in [1.165, 1.54) is 0 Å². The van der Waals surface area contributed by atoms with Crippen molar-refractivity contribution in [3.63, 3.8) is 0 Å². The third kappa shape index (κ3) is 17.5. The Bertz CT molecular complexity index is 2020. The van der Waals surface area contributed by atoms with Crippen molar-refractivity contribution in [1.29, 1.82) is 0 Å². The lowest BCUT2D eigenvalue weighted by atomic mass is 9.68. The summed E-state index contributed by atoms with van der Waals surface area (Å²) in [6.07, 6.45) is 29.3. The monoisotopic (exact) mass is 870 g/mol. The van der Waals surface area contributed by atoms with Crippen molar-refractivity contribution in [3.05, 3.63) is 130 Å². The van der Waals surface area contributed by atoms with Crippen molar-refractivity contribution < 1.29 is 33.8 Å². The van der Waals surface area contributed by atoms with E-state index in [2.05, 4.69) is 81.3 Å². The first-order valence-corrected chi connectivity index (χ1v) is 22.0. The predicted octanol–water partition coefficient (Wildman–Crippen LogP) is 8.93. The van der Waals surface area contributed by atoms with E-state index >= 15 is 0 Å². The molecule has 0 heterocycles. The SMILES string of the molecule is CC1=C(/C=C/C(C)=C/C=C/C(C)=C/C=C/C=C(C)/C=C/C=C(C)/C=C/C2=C(C)C(=O)C(OC(=O)CNC(=O)C(CS)NCCCC(N)C(=O)O)CC2(C)C)C(C)(C)CC(C)C1=O. The fourth-order valence-electron chi connectivity index (χ4n) is 7.54. The smallest absolute Gasteiger partial charge is 0.326 e. The molecule has 2 aliphatic carbocycles. The molecule has 0 saturated heterocycles. The topological polar surface area (TPSA) is 165 Å². The molecule has 0 spiro atoms. The van der Waals surface area contributed by atoms with Crippen LogP contribution >= 0.6 is 12.6 Å². The highest BCUT2D eigenvalue weighted by Crippen LogP contribution is 2.42. The number of carboxylic acids is 1. The minimum atomic E-state index is -1.08. The number of Topliss-reactive ketones (excluding diaryl/α,β-unsaturated/α-hetero) is 2. The zero-order valence-corrected chi connectivity index (χ0v) is 39.7. The largest absolute Gasteiger partial charge is 0.480 e. The molecule has 11 heteroatoms. The molecule has 0 radical (unpaired) electrons. The van der Waals surface area contributed by atoms with Crippen LogP contribution in [0.1, 0.15) is 102 Å². The highest BCUT2D eigenvalue weighted by molar-refractivity contribution is 7.80. The van der Waals surface area contributed by atoms with Gasteiger partial charge in [-0.15, -0.1) is 0 Å². The molecule has 0 aromatic carbocycles. The first-order chi connectivity index (χ1) is 29.0. The Balaban J connectivity index is 1.92. The van der Waals surface area contributed by atoms with Gasteiger partial charge in [-0.05, 0) is 100 Å². The van der Waals surface area contributed by atoms with Crippen LogP contribution in [0.3, 0.4) is 0 Å². The summed E-state index contributed by atoms with van der Waals surface area (Å²) in [6.45, 7) is 22.2. The first-order valence-electron chi connectivity index (χ1n) is 21.4. The molecule has 0 saturated carbocycles. The molecule has 0 aromatic heterocycles. The number of allylic oxidation sites excluding steroid dienone is 21. The van der Waals surface area contributed by atoms with Gasteiger partial charge < -0.3 is 26.2 Å². The lowest BCUT2D eigenvalue weighted by Gasteiger charge is -2.36. The fraction of sp³-hybridized carbons (Fsp3) is 0.471. The van der Waals surface area contributed by atoms with Gasteiger partial charge in [0.2, 0.25) is 5.91 Å². The van der Waals surface area contributed by atoms with E-state index in [4.69, 9.17) is 15.6 Å². The van der Waals surface area contributed by atoms with E-state index in [0.29, 0.717) is 25.0 Å². The average molecular weight is 870 g/mol. The lowest BCUT2D eigenvalue weighted by molar-refractivity contribution is -0.155. The summed E-state index contributed by atoms with van der Waals surface area (Å²) in [6, 6.07) is -1.68. The minimum Gasteiger partial charge on any atom is -0.480 e. The van der Waals surface area contributed by atoms with Crippen LogP contribution in [0.2, 0.25) is 0 Å². The molecular formula is C51H71N3O7S. The van der Waals surface area contributed by atoms with Crippen LogP contribution in [0.25, 0.3) is 0 Å². The van der Waals surface area contributed by atoms with Gasteiger partial charge in [-0.3, -0.25) is 24.0 Å². The molecule has 5 N–H and O–H groups in total. The number of carbonyl (C=O) groups excluding carboxylic acids is 4. The van der Waals surface area contributed by atoms with Crippen LogP contribution in [-0.2, 0) is 28.7 Å². The number of nitrogens with two attached hydrogens (primary N) is 1. The molecule has 62 heavy (non-hydrogen) atoms. The number of esters is 1. The quantitative estimate of drug-likeness (QED) is 0.0328. The average Bonchev–Trinajstić information content (AvgIpc) is 3.19. The number of thiol groups is 1. The van der Waals surface area contributed by atoms with E-state index < -0.39 is 48.0 Å². The number of nitrogens with one attached hydrogen (secondary N) is 2. The van der Waals surface area contributed by atoms with Crippen molar-refractivity contribution in [2.45, 2.75) is 120 Å². The maximum absolute atomic E-state index is 13.3. The molecule has 0 aliphatic heterocycles. The van der Waals surface area contributed by atoms with Gasteiger partial charge in [0.15, 0.2) is 17.7 Å². The number of ether oxygens (including phenoxy) is 1. The molecule has 0 fully saturated rings. The van der Waals surface area contributed by atoms with Gasteiger partial charge in [0, 0.05) is 18.1 Å². The van der Waals surface area contributed by atoms with Gasteiger partial charge in [0.05, 0.1) is 6.04 Å². The Morgan fingerprint density at radius 2 is 1.26 bits per heavy atom. The highest BCUT2D eigenvalue weighted by atomic mass is 32.1. The summed E-state index contributed by atoms with van der Waals surface area (Å²) in [7, 11) is 0. The van der Waals surface area contributed by atoms with E-state index in [-0.39, 0.29) is 35.1 Å². The maximum Gasteiger partial charge on any atom is 0.326 e. The van der Waals surface area contributed by atoms with Gasteiger partial charge in [0.25, 0.3) is 0 Å². The number of aliphatic carboxylic acids is 1. The van der Waals surface area contributed by atoms with Crippen molar-refractivity contribution in [2.24, 2.45) is 22.5 Å². The Kier molecular flexibility index (Phi) is 21.8. The van der Waals surface area contributed by atoms with Crippen LogP contribution in [0.5, 0.6) is 0 Å². The van der Waals surface area contributed by atoms with Gasteiger partial charge in [0.1, 0.15) is 12.6 Å². The van der Waals surface area contributed by atoms with Gasteiger partial charge >= 0.3 is 11.9 Å². The van der Waals surface area contributed by atoms with Gasteiger partial charge in [-0.2, -0.15) is 12.6 Å². The molecular weight excluding hydrogens is 799 g/mol. The second-order valence-electron chi connectivity index (χ2n) is 17.8. The van der Waals surface area contributed by atoms with Crippen LogP contribution in [0.4, 0.5) is 0 Å². The summed E-state index contributed by atoms with van der Waals surface area (Å²) in [5.41, 5.74) is 12.7. The van der Waals surface area contributed by atoms with Gasteiger partial charge in [-0.1, -0.05) is 142 Å². The third-order valence-corrected chi connectivity index (χ3v) is 11.5. The molecule has 0 aromatic rings. The number of hydrogen-bond donors (Lipinski definition) is 5. The predicted molar refractivity (Wildman–Crippen MR) is 255 cm³/mol. The minimum absolute atomic E-state index is 0.0230. The molecule has 4 unspecified atom stereocenters. The molecule has 10 nitrogen and oxygen atoms in total. The van der Waals surface area contributed by atoms with Crippen LogP contribution in [0.15, 0.2) is 130 Å².